The minimum Gasteiger partial charge on any atom is -0.294 e. The highest BCUT2D eigenvalue weighted by Crippen LogP contribution is 2.18. The van der Waals surface area contributed by atoms with E-state index in [1.807, 2.05) is 45.0 Å². The Morgan fingerprint density at radius 3 is 2.15 bits per heavy atom. The van der Waals surface area contributed by atoms with Crippen molar-refractivity contribution >= 4 is 21.7 Å². The Kier molecular flexibility index (Phi) is 4.77. The largest absolute Gasteiger partial charge is 0.294 e. The van der Waals surface area contributed by atoms with Crippen molar-refractivity contribution < 1.29 is 4.79 Å². The van der Waals surface area contributed by atoms with Crippen LogP contribution in [0, 0.1) is 19.8 Å². The van der Waals surface area contributed by atoms with Crippen LogP contribution >= 0.6 is 15.9 Å². The maximum Gasteiger partial charge on any atom is 0.166 e. The second kappa shape index (κ2) is 6.36. The summed E-state index contributed by atoms with van der Waals surface area (Å²) in [6, 6.07) is 14.2. The van der Waals surface area contributed by atoms with Gasteiger partial charge in [0.15, 0.2) is 5.78 Å². The van der Waals surface area contributed by atoms with Crippen molar-refractivity contribution in [1.82, 2.24) is 0 Å². The van der Waals surface area contributed by atoms with E-state index in [0.29, 0.717) is 0 Å². The van der Waals surface area contributed by atoms with Gasteiger partial charge in [-0.25, -0.2) is 0 Å². The molecule has 0 N–H and O–H groups in total. The molecule has 0 bridgehead atoms. The van der Waals surface area contributed by atoms with Crippen LogP contribution in [0.15, 0.2) is 46.9 Å². The van der Waals surface area contributed by atoms with Gasteiger partial charge in [-0.05, 0) is 50.1 Å². The zero-order chi connectivity index (χ0) is 14.7. The van der Waals surface area contributed by atoms with Gasteiger partial charge in [0.25, 0.3) is 0 Å². The Morgan fingerprint density at radius 2 is 1.60 bits per heavy atom. The number of aryl methyl sites for hydroxylation is 2. The molecule has 2 heteroatoms. The lowest BCUT2D eigenvalue weighted by Crippen LogP contribution is -2.14. The third-order valence-corrected chi connectivity index (χ3v) is 3.94. The van der Waals surface area contributed by atoms with Crippen molar-refractivity contribution in [3.05, 3.63) is 69.2 Å². The van der Waals surface area contributed by atoms with Gasteiger partial charge in [-0.3, -0.25) is 4.79 Å². The number of ketones is 1. The van der Waals surface area contributed by atoms with E-state index in [2.05, 4.69) is 34.1 Å². The van der Waals surface area contributed by atoms with Gasteiger partial charge in [-0.1, -0.05) is 52.2 Å². The monoisotopic (exact) mass is 330 g/mol. The van der Waals surface area contributed by atoms with Crippen molar-refractivity contribution in [1.29, 1.82) is 0 Å². The number of halogens is 1. The molecule has 1 nitrogen and oxygen atoms in total. The number of Topliss-reactive ketones (excluding diaryl/α,β-unsaturated/α-hetero) is 1. The second-order valence-corrected chi connectivity index (χ2v) is 6.39. The van der Waals surface area contributed by atoms with E-state index in [1.54, 1.807) is 0 Å². The van der Waals surface area contributed by atoms with Gasteiger partial charge in [0.05, 0.1) is 0 Å². The number of benzene rings is 2. The summed E-state index contributed by atoms with van der Waals surface area (Å²) in [6.45, 7) is 6.06. The Balaban J connectivity index is 2.14. The predicted octanol–water partition coefficient (Wildman–Crippen LogP) is 5.13. The highest BCUT2D eigenvalue weighted by molar-refractivity contribution is 9.10. The van der Waals surface area contributed by atoms with Gasteiger partial charge in [0.1, 0.15) is 0 Å². The Hall–Kier alpha value is -1.41. The normalized spacial score (nSPS) is 12.2. The molecule has 1 atom stereocenters. The van der Waals surface area contributed by atoms with E-state index in [9.17, 15) is 4.79 Å². The molecule has 0 aliphatic carbocycles. The average molecular weight is 331 g/mol. The molecule has 0 aliphatic rings. The first-order chi connectivity index (χ1) is 9.45. The van der Waals surface area contributed by atoms with Crippen LogP contribution < -0.4 is 0 Å². The number of carbonyl (C=O) groups is 1. The molecule has 0 saturated heterocycles. The van der Waals surface area contributed by atoms with Crippen LogP contribution in [0.1, 0.15) is 34.0 Å². The van der Waals surface area contributed by atoms with E-state index in [0.717, 1.165) is 27.6 Å². The molecule has 0 aromatic heterocycles. The molecule has 0 fully saturated rings. The fraction of sp³-hybridized carbons (Fsp3) is 0.278. The average Bonchev–Trinajstić information content (AvgIpc) is 2.39. The van der Waals surface area contributed by atoms with Gasteiger partial charge < -0.3 is 0 Å². The third-order valence-electron chi connectivity index (χ3n) is 3.41. The molecule has 0 aliphatic heterocycles. The van der Waals surface area contributed by atoms with E-state index in [1.165, 1.54) is 5.56 Å². The summed E-state index contributed by atoms with van der Waals surface area (Å²) in [5.41, 5.74) is 4.30. The molecule has 0 heterocycles. The maximum atomic E-state index is 12.5. The number of carbonyl (C=O) groups excluding carboxylic acids is 1. The highest BCUT2D eigenvalue weighted by atomic mass is 79.9. The predicted molar refractivity (Wildman–Crippen MR) is 87.3 cm³/mol. The molecule has 0 saturated carbocycles. The van der Waals surface area contributed by atoms with E-state index in [-0.39, 0.29) is 11.7 Å². The lowest BCUT2D eigenvalue weighted by atomic mass is 9.91. The van der Waals surface area contributed by atoms with Gasteiger partial charge in [-0.15, -0.1) is 0 Å². The minimum atomic E-state index is -0.00243. The SMILES string of the molecule is Cc1cc(C)cc(C(=O)C(C)Cc2ccc(Br)cc2)c1. The summed E-state index contributed by atoms with van der Waals surface area (Å²) >= 11 is 3.43. The molecule has 0 spiro atoms. The van der Waals surface area contributed by atoms with Gasteiger partial charge in [0, 0.05) is 16.0 Å². The van der Waals surface area contributed by atoms with E-state index < -0.39 is 0 Å². The Morgan fingerprint density at radius 1 is 1.05 bits per heavy atom. The summed E-state index contributed by atoms with van der Waals surface area (Å²) in [4.78, 5) is 12.5. The minimum absolute atomic E-state index is 0.00243. The summed E-state index contributed by atoms with van der Waals surface area (Å²) in [7, 11) is 0. The summed E-state index contributed by atoms with van der Waals surface area (Å²) in [6.07, 6.45) is 0.777. The standard InChI is InChI=1S/C18H19BrO/c1-12-8-13(2)10-16(9-12)18(20)14(3)11-15-4-6-17(19)7-5-15/h4-10,14H,11H2,1-3H3. The van der Waals surface area contributed by atoms with Crippen molar-refractivity contribution in [3.63, 3.8) is 0 Å². The molecule has 2 aromatic carbocycles. The van der Waals surface area contributed by atoms with E-state index in [4.69, 9.17) is 0 Å². The molecular formula is C18H19BrO. The molecular weight excluding hydrogens is 312 g/mol. The third kappa shape index (κ3) is 3.80. The van der Waals surface area contributed by atoms with Crippen LogP contribution in [0.5, 0.6) is 0 Å². The van der Waals surface area contributed by atoms with Crippen LogP contribution in [-0.2, 0) is 6.42 Å². The number of rotatable bonds is 4. The van der Waals surface area contributed by atoms with Crippen LogP contribution in [0.4, 0.5) is 0 Å². The molecule has 20 heavy (non-hydrogen) atoms. The van der Waals surface area contributed by atoms with Crippen LogP contribution in [0.3, 0.4) is 0 Å². The zero-order valence-electron chi connectivity index (χ0n) is 12.1. The summed E-state index contributed by atoms with van der Waals surface area (Å²) < 4.78 is 1.06. The molecule has 104 valence electrons. The van der Waals surface area contributed by atoms with Crippen LogP contribution in [-0.4, -0.2) is 5.78 Å². The molecule has 0 radical (unpaired) electrons. The van der Waals surface area contributed by atoms with Gasteiger partial charge >= 0.3 is 0 Å². The fourth-order valence-electron chi connectivity index (χ4n) is 2.47. The topological polar surface area (TPSA) is 17.1 Å². The summed E-state index contributed by atoms with van der Waals surface area (Å²) in [5, 5.41) is 0. The Labute approximate surface area is 129 Å². The zero-order valence-corrected chi connectivity index (χ0v) is 13.7. The lowest BCUT2D eigenvalue weighted by molar-refractivity contribution is 0.0929. The van der Waals surface area contributed by atoms with E-state index >= 15 is 0 Å². The van der Waals surface area contributed by atoms with Gasteiger partial charge in [-0.2, -0.15) is 0 Å². The number of hydrogen-bond acceptors (Lipinski definition) is 1. The first kappa shape index (κ1) is 15.0. The van der Waals surface area contributed by atoms with Crippen molar-refractivity contribution in [2.24, 2.45) is 5.92 Å². The second-order valence-electron chi connectivity index (χ2n) is 5.47. The van der Waals surface area contributed by atoms with Crippen LogP contribution in [0.2, 0.25) is 0 Å². The van der Waals surface area contributed by atoms with Crippen LogP contribution in [0.25, 0.3) is 0 Å². The van der Waals surface area contributed by atoms with Crippen molar-refractivity contribution in [2.45, 2.75) is 27.2 Å². The highest BCUT2D eigenvalue weighted by Gasteiger charge is 2.16. The molecule has 2 rings (SSSR count). The smallest absolute Gasteiger partial charge is 0.166 e. The summed E-state index contributed by atoms with van der Waals surface area (Å²) in [5.74, 6) is 0.220. The quantitative estimate of drug-likeness (QED) is 0.710. The molecule has 2 aromatic rings. The fourth-order valence-corrected chi connectivity index (χ4v) is 2.73. The first-order valence-electron chi connectivity index (χ1n) is 6.82. The maximum absolute atomic E-state index is 12.5. The van der Waals surface area contributed by atoms with Crippen molar-refractivity contribution in [3.8, 4) is 0 Å². The lowest BCUT2D eigenvalue weighted by Gasteiger charge is -2.12. The van der Waals surface area contributed by atoms with Crippen molar-refractivity contribution in [2.75, 3.05) is 0 Å². The Bertz CT molecular complexity index is 594. The number of hydrogen-bond donors (Lipinski definition) is 0. The first-order valence-corrected chi connectivity index (χ1v) is 7.62. The molecule has 0 amide bonds. The molecule has 1 unspecified atom stereocenters. The van der Waals surface area contributed by atoms with Gasteiger partial charge in [0.2, 0.25) is 0 Å².